The van der Waals surface area contributed by atoms with Gasteiger partial charge in [0.1, 0.15) is 47.0 Å². The van der Waals surface area contributed by atoms with Gasteiger partial charge in [0, 0.05) is 40.7 Å². The fourth-order valence-corrected chi connectivity index (χ4v) is 8.90. The first-order valence-electron chi connectivity index (χ1n) is 20.3. The minimum atomic E-state index is -1.47. The van der Waals surface area contributed by atoms with Crippen LogP contribution in [0.2, 0.25) is 0 Å². The average Bonchev–Trinajstić information content (AvgIpc) is 3.62. The highest BCUT2D eigenvalue weighted by molar-refractivity contribution is 7.14. The first kappa shape index (κ1) is 40.9. The number of nitrogens with one attached hydrogen (secondary N) is 3. The van der Waals surface area contributed by atoms with Gasteiger partial charge in [0.2, 0.25) is 17.7 Å². The molecule has 4 N–H and O–H groups in total. The zero-order valence-corrected chi connectivity index (χ0v) is 34.2. The Balaban J connectivity index is 1.21. The molecule has 16 heteroatoms. The van der Waals surface area contributed by atoms with Crippen molar-refractivity contribution in [2.24, 2.45) is 11.8 Å². The van der Waals surface area contributed by atoms with E-state index in [2.05, 4.69) is 20.9 Å². The van der Waals surface area contributed by atoms with Crippen LogP contribution >= 0.6 is 11.3 Å². The van der Waals surface area contributed by atoms with Crippen LogP contribution < -0.4 is 25.4 Å². The van der Waals surface area contributed by atoms with E-state index in [1.807, 2.05) is 31.2 Å². The first-order valence-corrected chi connectivity index (χ1v) is 21.2. The molecule has 4 heterocycles. The summed E-state index contributed by atoms with van der Waals surface area (Å²) < 4.78 is 18.0. The van der Waals surface area contributed by atoms with E-state index in [0.717, 1.165) is 50.5 Å². The number of pyridine rings is 1. The van der Waals surface area contributed by atoms with Crippen molar-refractivity contribution in [3.05, 3.63) is 41.3 Å². The largest absolute Gasteiger partial charge is 0.496 e. The van der Waals surface area contributed by atoms with E-state index in [-0.39, 0.29) is 43.2 Å². The monoisotopic (exact) mass is 816 g/mol. The van der Waals surface area contributed by atoms with Crippen molar-refractivity contribution in [2.75, 3.05) is 19.0 Å². The van der Waals surface area contributed by atoms with Crippen molar-refractivity contribution in [1.82, 2.24) is 25.5 Å². The molecule has 2 aliphatic heterocycles. The number of thiazole rings is 1. The van der Waals surface area contributed by atoms with Crippen molar-refractivity contribution in [2.45, 2.75) is 121 Å². The number of aliphatic carboxylic acids is 1. The number of aryl methyl sites for hydroxylation is 1. The molecule has 0 radical (unpaired) electrons. The number of anilines is 1. The van der Waals surface area contributed by atoms with Gasteiger partial charge in [-0.1, -0.05) is 38.8 Å². The van der Waals surface area contributed by atoms with Gasteiger partial charge in [-0.25, -0.2) is 19.6 Å². The van der Waals surface area contributed by atoms with Crippen LogP contribution in [0.3, 0.4) is 0 Å². The van der Waals surface area contributed by atoms with Crippen molar-refractivity contribution >= 4 is 57.2 Å². The van der Waals surface area contributed by atoms with E-state index in [0.29, 0.717) is 51.8 Å². The minimum absolute atomic E-state index is 0.00740. The summed E-state index contributed by atoms with van der Waals surface area (Å²) in [5.74, 6) is -1.91. The van der Waals surface area contributed by atoms with Gasteiger partial charge in [0.15, 0.2) is 5.13 Å². The van der Waals surface area contributed by atoms with E-state index >= 15 is 0 Å². The predicted octanol–water partition coefficient (Wildman–Crippen LogP) is 6.14. The molecular formula is C42H52N6O9S. The summed E-state index contributed by atoms with van der Waals surface area (Å²) in [6.45, 7) is 5.47. The van der Waals surface area contributed by atoms with Gasteiger partial charge in [0.05, 0.1) is 24.9 Å². The molecule has 58 heavy (non-hydrogen) atoms. The molecule has 3 aromatic rings. The van der Waals surface area contributed by atoms with Gasteiger partial charge in [-0.05, 0) is 70.4 Å². The van der Waals surface area contributed by atoms with E-state index in [9.17, 15) is 29.1 Å². The molecular weight excluding hydrogens is 765 g/mol. The molecule has 4 amide bonds. The highest BCUT2D eigenvalue weighted by Gasteiger charge is 2.61. The smallest absolute Gasteiger partial charge is 0.408 e. The second-order valence-electron chi connectivity index (χ2n) is 16.1. The van der Waals surface area contributed by atoms with E-state index in [4.69, 9.17) is 19.2 Å². The van der Waals surface area contributed by atoms with Crippen LogP contribution in [0.25, 0.3) is 22.3 Å². The van der Waals surface area contributed by atoms with Crippen molar-refractivity contribution in [3.8, 4) is 22.9 Å². The minimum Gasteiger partial charge on any atom is -0.496 e. The third kappa shape index (κ3) is 8.76. The number of allylic oxidation sites excluding steroid dienone is 1. The quantitative estimate of drug-likeness (QED) is 0.181. The summed E-state index contributed by atoms with van der Waals surface area (Å²) in [7, 11) is 1.58. The van der Waals surface area contributed by atoms with Crippen LogP contribution in [-0.4, -0.2) is 93.2 Å². The lowest BCUT2D eigenvalue weighted by Crippen LogP contribution is -2.56. The van der Waals surface area contributed by atoms with Crippen molar-refractivity contribution in [1.29, 1.82) is 0 Å². The van der Waals surface area contributed by atoms with Crippen LogP contribution in [0.5, 0.6) is 11.5 Å². The van der Waals surface area contributed by atoms with E-state index < -0.39 is 47.6 Å². The maximum Gasteiger partial charge on any atom is 0.408 e. The number of hydrogen-bond donors (Lipinski definition) is 4. The molecule has 1 aromatic carbocycles. The first-order chi connectivity index (χ1) is 27.9. The Hall–Kier alpha value is -5.25. The molecule has 0 bridgehead atoms. The number of ether oxygens (including phenoxy) is 3. The highest BCUT2D eigenvalue weighted by atomic mass is 32.1. The van der Waals surface area contributed by atoms with Gasteiger partial charge < -0.3 is 40.2 Å². The number of methoxy groups -OCH3 is 1. The Morgan fingerprint density at radius 1 is 1.02 bits per heavy atom. The summed E-state index contributed by atoms with van der Waals surface area (Å²) >= 11 is 1.27. The molecule has 5 unspecified atom stereocenters. The third-order valence-electron chi connectivity index (χ3n) is 11.7. The van der Waals surface area contributed by atoms with Crippen LogP contribution in [0.15, 0.2) is 35.7 Å². The Kier molecular flexibility index (Phi) is 12.2. The average molecular weight is 817 g/mol. The Bertz CT molecular complexity index is 2100. The lowest BCUT2D eigenvalue weighted by atomic mass is 10.0. The zero-order chi connectivity index (χ0) is 41.1. The molecule has 7 rings (SSSR count). The van der Waals surface area contributed by atoms with Crippen molar-refractivity contribution in [3.63, 3.8) is 0 Å². The van der Waals surface area contributed by atoms with Gasteiger partial charge in [0.25, 0.3) is 0 Å². The lowest BCUT2D eigenvalue weighted by Gasteiger charge is -2.29. The van der Waals surface area contributed by atoms with Gasteiger partial charge in [-0.2, -0.15) is 0 Å². The summed E-state index contributed by atoms with van der Waals surface area (Å²) in [4.78, 5) is 78.0. The lowest BCUT2D eigenvalue weighted by molar-refractivity contribution is -0.145. The normalized spacial score (nSPS) is 25.3. The second kappa shape index (κ2) is 17.3. The molecule has 5 atom stereocenters. The van der Waals surface area contributed by atoms with E-state index in [1.165, 1.54) is 16.2 Å². The number of carboxylic acids is 1. The maximum absolute atomic E-state index is 14.6. The van der Waals surface area contributed by atoms with Crippen LogP contribution in [-0.2, 0) is 23.9 Å². The fraction of sp³-hybridized carbons (Fsp3) is 0.548. The van der Waals surface area contributed by atoms with Crippen LogP contribution in [0.4, 0.5) is 9.93 Å². The van der Waals surface area contributed by atoms with Crippen LogP contribution in [0, 0.1) is 18.8 Å². The van der Waals surface area contributed by atoms with Gasteiger partial charge in [-0.3, -0.25) is 14.4 Å². The summed E-state index contributed by atoms with van der Waals surface area (Å²) in [5.41, 5.74) is 0.864. The van der Waals surface area contributed by atoms with Crippen LogP contribution in [0.1, 0.15) is 90.0 Å². The fourth-order valence-electron chi connectivity index (χ4n) is 8.19. The topological polar surface area (TPSA) is 198 Å². The molecule has 3 fully saturated rings. The Labute approximate surface area is 341 Å². The molecule has 2 aromatic heterocycles. The number of carboxylic acid groups (broad SMARTS) is 1. The number of carbonyl (C=O) groups excluding carboxylic acids is 4. The molecule has 2 aliphatic carbocycles. The SMILES string of the molecule is COc1ccc2c(OC3CC4C(=O)NC5(C(=O)O)CC5C=CCCCCCC(NC(=O)OC5CCCC5)C(=O)N4C3)cc(-c3csc(NC(=O)C(C)C)n3)nc2c1C. The molecule has 1 saturated heterocycles. The van der Waals surface area contributed by atoms with Crippen molar-refractivity contribution < 1.29 is 43.3 Å². The Morgan fingerprint density at radius 3 is 2.53 bits per heavy atom. The summed E-state index contributed by atoms with van der Waals surface area (Å²) in [6.07, 6.45) is 9.39. The molecule has 15 nitrogen and oxygen atoms in total. The standard InChI is InChI=1S/C42H52N6O9S/c1-23(2)36(49)46-40-44-31(22-58-40)30-19-34(28-16-17-33(55-4)24(3)35(28)43-30)56-27-18-32-37(50)47-42(39(52)53)20-25(42)12-8-6-5-7-9-15-29(38(51)48(32)21-27)45-41(54)57-26-13-10-11-14-26/h8,12,16-17,19,22-23,25-27,29,32H,5-7,9-11,13-15,18,20-21H2,1-4H3,(H,45,54)(H,47,50)(H,52,53)(H,44,46,49). The molecule has 310 valence electrons. The van der Waals surface area contributed by atoms with Gasteiger partial charge in [-0.15, -0.1) is 11.3 Å². The Morgan fingerprint density at radius 2 is 1.79 bits per heavy atom. The number of benzene rings is 1. The predicted molar refractivity (Wildman–Crippen MR) is 217 cm³/mol. The number of amides is 4. The number of alkyl carbamates (subject to hydrolysis) is 1. The number of rotatable bonds is 9. The number of aromatic nitrogens is 2. The third-order valence-corrected chi connectivity index (χ3v) is 12.4. The zero-order valence-electron chi connectivity index (χ0n) is 33.4. The number of hydrogen-bond acceptors (Lipinski definition) is 11. The maximum atomic E-state index is 14.6. The number of fused-ring (bicyclic) bond motifs is 3. The second-order valence-corrected chi connectivity index (χ2v) is 17.0. The number of carbonyl (C=O) groups is 5. The highest BCUT2D eigenvalue weighted by Crippen LogP contribution is 2.46. The van der Waals surface area contributed by atoms with E-state index in [1.54, 1.807) is 32.4 Å². The molecule has 2 saturated carbocycles. The number of nitrogens with zero attached hydrogens (tertiary/aromatic N) is 3. The molecule has 4 aliphatic rings. The van der Waals surface area contributed by atoms with Gasteiger partial charge >= 0.3 is 12.1 Å². The summed E-state index contributed by atoms with van der Waals surface area (Å²) in [5, 5.41) is 21.6. The summed E-state index contributed by atoms with van der Waals surface area (Å²) in [6, 6.07) is 3.35. The molecule has 0 spiro atoms.